The van der Waals surface area contributed by atoms with Gasteiger partial charge in [0.1, 0.15) is 6.61 Å². The maximum absolute atomic E-state index is 13.3. The van der Waals surface area contributed by atoms with Crippen molar-refractivity contribution in [1.29, 1.82) is 0 Å². The highest BCUT2D eigenvalue weighted by Gasteiger charge is 2.49. The molecule has 0 saturated heterocycles. The molecule has 0 bridgehead atoms. The number of carbonyl (C=O) groups is 1. The fourth-order valence-electron chi connectivity index (χ4n) is 3.14. The molecule has 144 valence electrons. The maximum atomic E-state index is 13.3. The van der Waals surface area contributed by atoms with Crippen LogP contribution in [0.5, 0.6) is 0 Å². The molecule has 0 atom stereocenters. The number of benzene rings is 1. The van der Waals surface area contributed by atoms with Gasteiger partial charge in [0, 0.05) is 11.3 Å². The number of oxime groups is 1. The summed E-state index contributed by atoms with van der Waals surface area (Å²) in [5, 5.41) is 4.25. The van der Waals surface area contributed by atoms with Crippen LogP contribution in [0.15, 0.2) is 23.4 Å². The lowest BCUT2D eigenvalue weighted by molar-refractivity contribution is -0.111. The van der Waals surface area contributed by atoms with Crippen LogP contribution < -0.4 is 4.57 Å². The smallest absolute Gasteiger partial charge is 0.273 e. The number of hydrogen-bond donors (Lipinski definition) is 0. The summed E-state index contributed by atoms with van der Waals surface area (Å²) in [6.45, 7) is 15.8. The molecule has 0 N–H and O–H groups in total. The molecule has 1 aliphatic rings. The van der Waals surface area contributed by atoms with Crippen LogP contribution in [0.4, 0.5) is 5.69 Å². The van der Waals surface area contributed by atoms with Gasteiger partial charge in [-0.3, -0.25) is 4.79 Å². The van der Waals surface area contributed by atoms with Crippen molar-refractivity contribution >= 4 is 25.5 Å². The van der Waals surface area contributed by atoms with Crippen molar-refractivity contribution < 1.29 is 9.63 Å². The Balaban J connectivity index is 2.50. The van der Waals surface area contributed by atoms with Gasteiger partial charge in [-0.1, -0.05) is 64.9 Å². The summed E-state index contributed by atoms with van der Waals surface area (Å²) >= 11 is 0. The maximum Gasteiger partial charge on any atom is 0.273 e. The lowest BCUT2D eigenvalue weighted by atomic mass is 10.0. The van der Waals surface area contributed by atoms with Gasteiger partial charge >= 0.3 is 0 Å². The molecular weight excluding hydrogens is 340 g/mol. The average Bonchev–Trinajstić information content (AvgIpc) is 2.83. The third-order valence-corrected chi connectivity index (χ3v) is 10.9. The van der Waals surface area contributed by atoms with Crippen molar-refractivity contribution in [3.63, 3.8) is 0 Å². The average molecular weight is 375 g/mol. The van der Waals surface area contributed by atoms with Crippen LogP contribution in [0.2, 0.25) is 18.1 Å². The molecule has 1 aromatic rings. The van der Waals surface area contributed by atoms with Gasteiger partial charge in [0.15, 0.2) is 13.9 Å². The van der Waals surface area contributed by atoms with Crippen LogP contribution in [-0.2, 0) is 16.1 Å². The van der Waals surface area contributed by atoms with Gasteiger partial charge in [-0.25, -0.2) is 0 Å². The molecule has 4 nitrogen and oxygen atoms in total. The highest BCUT2D eigenvalue weighted by atomic mass is 28.3. The van der Waals surface area contributed by atoms with Gasteiger partial charge in [0.05, 0.1) is 0 Å². The Morgan fingerprint density at radius 3 is 2.42 bits per heavy atom. The standard InChI is InChI=1S/C21H34N2O2Si/c1-8-10-11-12-16-13-14-18-17(15-16)19(22-25-9-2)20(24)23(18)26(6,7)21(3,4)5/h13-15H,8-12H2,1-7H3/b22-19+. The lowest BCUT2D eigenvalue weighted by Crippen LogP contribution is -2.57. The molecule has 0 aromatic heterocycles. The summed E-state index contributed by atoms with van der Waals surface area (Å²) in [5.74, 6) is -0.00856. The van der Waals surface area contributed by atoms with Crippen LogP contribution >= 0.6 is 0 Å². The third kappa shape index (κ3) is 3.87. The minimum Gasteiger partial charge on any atom is -0.395 e. The molecule has 0 unspecified atom stereocenters. The second-order valence-electron chi connectivity index (χ2n) is 8.62. The molecule has 26 heavy (non-hydrogen) atoms. The zero-order valence-electron chi connectivity index (χ0n) is 17.5. The van der Waals surface area contributed by atoms with E-state index in [1.165, 1.54) is 24.8 Å². The van der Waals surface area contributed by atoms with E-state index in [4.69, 9.17) is 4.84 Å². The molecule has 0 spiro atoms. The molecule has 0 aliphatic carbocycles. The molecule has 5 heteroatoms. The van der Waals surface area contributed by atoms with E-state index in [-0.39, 0.29) is 10.9 Å². The first-order valence-corrected chi connectivity index (χ1v) is 12.8. The SMILES string of the molecule is CCCCCc1ccc2c(c1)/C(=N\OCC)C(=O)N2[Si](C)(C)C(C)(C)C. The van der Waals surface area contributed by atoms with E-state index >= 15 is 0 Å². The molecule has 1 aromatic carbocycles. The second-order valence-corrected chi connectivity index (χ2v) is 13.7. The Kier molecular flexibility index (Phi) is 6.32. The van der Waals surface area contributed by atoms with Gasteiger partial charge in [0.25, 0.3) is 5.91 Å². The van der Waals surface area contributed by atoms with E-state index in [9.17, 15) is 4.79 Å². The minimum absolute atomic E-state index is 0.00856. The van der Waals surface area contributed by atoms with E-state index < -0.39 is 8.24 Å². The molecule has 2 rings (SSSR count). The monoisotopic (exact) mass is 374 g/mol. The quantitative estimate of drug-likeness (QED) is 0.359. The van der Waals surface area contributed by atoms with Crippen molar-refractivity contribution in [2.75, 3.05) is 11.2 Å². The topological polar surface area (TPSA) is 41.9 Å². The molecule has 0 fully saturated rings. The van der Waals surface area contributed by atoms with Gasteiger partial charge in [-0.05, 0) is 42.5 Å². The molecule has 1 aliphatic heterocycles. The van der Waals surface area contributed by atoms with E-state index in [2.05, 4.69) is 64.1 Å². The summed E-state index contributed by atoms with van der Waals surface area (Å²) in [6, 6.07) is 6.43. The van der Waals surface area contributed by atoms with Crippen LogP contribution in [0.3, 0.4) is 0 Å². The highest BCUT2D eigenvalue weighted by molar-refractivity contribution is 6.90. The second kappa shape index (κ2) is 7.95. The number of unbranched alkanes of at least 4 members (excludes halogenated alkanes) is 2. The Morgan fingerprint density at radius 1 is 1.15 bits per heavy atom. The first-order valence-electron chi connectivity index (χ1n) is 9.83. The summed E-state index contributed by atoms with van der Waals surface area (Å²) in [5.41, 5.74) is 3.66. The van der Waals surface area contributed by atoms with E-state index in [1.54, 1.807) is 0 Å². The van der Waals surface area contributed by atoms with E-state index in [0.717, 1.165) is 17.7 Å². The normalized spacial score (nSPS) is 16.3. The van der Waals surface area contributed by atoms with Gasteiger partial charge in [-0.15, -0.1) is 0 Å². The number of fused-ring (bicyclic) bond motifs is 1. The summed E-state index contributed by atoms with van der Waals surface area (Å²) in [4.78, 5) is 18.6. The predicted octanol–water partition coefficient (Wildman–Crippen LogP) is 5.51. The molecule has 1 amide bonds. The number of rotatable bonds is 7. The van der Waals surface area contributed by atoms with Crippen molar-refractivity contribution in [2.24, 2.45) is 5.16 Å². The number of anilines is 1. The Hall–Kier alpha value is -1.62. The van der Waals surface area contributed by atoms with Crippen molar-refractivity contribution in [2.45, 2.75) is 78.4 Å². The summed E-state index contributed by atoms with van der Waals surface area (Å²) in [6.07, 6.45) is 4.65. The Morgan fingerprint density at radius 2 is 1.85 bits per heavy atom. The van der Waals surface area contributed by atoms with Crippen molar-refractivity contribution in [1.82, 2.24) is 0 Å². The lowest BCUT2D eigenvalue weighted by Gasteiger charge is -2.43. The van der Waals surface area contributed by atoms with Gasteiger partial charge in [-0.2, -0.15) is 0 Å². The van der Waals surface area contributed by atoms with Gasteiger partial charge < -0.3 is 9.40 Å². The van der Waals surface area contributed by atoms with Crippen molar-refractivity contribution in [3.05, 3.63) is 29.3 Å². The zero-order chi connectivity index (χ0) is 19.5. The number of carbonyl (C=O) groups excluding carboxylic acids is 1. The molecule has 0 radical (unpaired) electrons. The summed E-state index contributed by atoms with van der Waals surface area (Å²) in [7, 11) is -2.07. The number of nitrogens with zero attached hydrogens (tertiary/aromatic N) is 2. The van der Waals surface area contributed by atoms with Crippen LogP contribution in [0.1, 0.15) is 65.0 Å². The van der Waals surface area contributed by atoms with Gasteiger partial charge in [0.2, 0.25) is 0 Å². The predicted molar refractivity (Wildman–Crippen MR) is 113 cm³/mol. The first-order chi connectivity index (χ1) is 12.1. The fraction of sp³-hybridized carbons (Fsp3) is 0.619. The van der Waals surface area contributed by atoms with E-state index in [0.29, 0.717) is 12.3 Å². The third-order valence-electron chi connectivity index (χ3n) is 5.71. The molecule has 1 heterocycles. The highest BCUT2D eigenvalue weighted by Crippen LogP contribution is 2.44. The number of hydrogen-bond acceptors (Lipinski definition) is 3. The van der Waals surface area contributed by atoms with Crippen molar-refractivity contribution in [3.8, 4) is 0 Å². The zero-order valence-corrected chi connectivity index (χ0v) is 18.5. The Labute approximate surface area is 159 Å². The molecule has 0 saturated carbocycles. The Bertz CT molecular complexity index is 690. The minimum atomic E-state index is -2.07. The first kappa shape index (κ1) is 20.7. The van der Waals surface area contributed by atoms with Crippen LogP contribution in [0, 0.1) is 0 Å². The van der Waals surface area contributed by atoms with E-state index in [1.807, 2.05) is 11.5 Å². The molecular formula is C21H34N2O2Si. The number of aryl methyl sites for hydroxylation is 1. The fourth-order valence-corrected chi connectivity index (χ4v) is 5.22. The number of amides is 1. The summed E-state index contributed by atoms with van der Waals surface area (Å²) < 4.78 is 2.04. The largest absolute Gasteiger partial charge is 0.395 e. The van der Waals surface area contributed by atoms with Crippen LogP contribution in [0.25, 0.3) is 0 Å². The van der Waals surface area contributed by atoms with Crippen LogP contribution in [-0.4, -0.2) is 26.5 Å².